The molecule has 2 N–H and O–H groups in total. The first kappa shape index (κ1) is 14.8. The summed E-state index contributed by atoms with van der Waals surface area (Å²) in [5.74, 6) is -0.472. The summed E-state index contributed by atoms with van der Waals surface area (Å²) in [6.07, 6.45) is 0. The maximum absolute atomic E-state index is 11.7. The summed E-state index contributed by atoms with van der Waals surface area (Å²) in [7, 11) is 3.24. The first-order chi connectivity index (χ1) is 8.95. The fourth-order valence-corrected chi connectivity index (χ4v) is 1.30. The molecule has 0 saturated heterocycles. The molecule has 6 nitrogen and oxygen atoms in total. The van der Waals surface area contributed by atoms with E-state index in [0.29, 0.717) is 5.69 Å². The van der Waals surface area contributed by atoms with Gasteiger partial charge < -0.3 is 20.1 Å². The van der Waals surface area contributed by atoms with Gasteiger partial charge in [-0.3, -0.25) is 4.79 Å². The second-order valence-corrected chi connectivity index (χ2v) is 4.05. The van der Waals surface area contributed by atoms with Crippen molar-refractivity contribution >= 4 is 17.6 Å². The van der Waals surface area contributed by atoms with Crippen LogP contribution in [0, 0.1) is 0 Å². The Morgan fingerprint density at radius 1 is 1.32 bits per heavy atom. The minimum Gasteiger partial charge on any atom is -0.483 e. The molecule has 0 saturated carbocycles. The van der Waals surface area contributed by atoms with Gasteiger partial charge in [0.1, 0.15) is 11.3 Å². The highest BCUT2D eigenvalue weighted by atomic mass is 16.5. The number of rotatable bonds is 5. The third-order valence-electron chi connectivity index (χ3n) is 2.35. The van der Waals surface area contributed by atoms with Crippen molar-refractivity contribution in [1.82, 2.24) is 4.90 Å². The smallest absolute Gasteiger partial charge is 0.341 e. The Morgan fingerprint density at radius 2 is 2.00 bits per heavy atom. The Labute approximate surface area is 112 Å². The van der Waals surface area contributed by atoms with Crippen molar-refractivity contribution in [3.63, 3.8) is 0 Å². The summed E-state index contributed by atoms with van der Waals surface area (Å²) in [6, 6.07) is 4.59. The molecule has 1 rings (SSSR count). The molecular formula is C13H18N2O4. The van der Waals surface area contributed by atoms with Crippen LogP contribution < -0.4 is 10.5 Å². The lowest BCUT2D eigenvalue weighted by molar-refractivity contribution is -0.130. The summed E-state index contributed by atoms with van der Waals surface area (Å²) in [5, 5.41) is 0. The summed E-state index contributed by atoms with van der Waals surface area (Å²) in [4.78, 5) is 24.6. The van der Waals surface area contributed by atoms with Gasteiger partial charge in [0, 0.05) is 25.8 Å². The summed E-state index contributed by atoms with van der Waals surface area (Å²) >= 11 is 0. The van der Waals surface area contributed by atoms with Crippen molar-refractivity contribution < 1.29 is 19.1 Å². The maximum Gasteiger partial charge on any atom is 0.341 e. The molecule has 0 aliphatic rings. The monoisotopic (exact) mass is 266 g/mol. The van der Waals surface area contributed by atoms with Gasteiger partial charge >= 0.3 is 5.97 Å². The van der Waals surface area contributed by atoms with Crippen LogP contribution in [-0.4, -0.2) is 44.1 Å². The molecule has 0 heterocycles. The van der Waals surface area contributed by atoms with Crippen molar-refractivity contribution in [3.8, 4) is 5.75 Å². The Balaban J connectivity index is 2.88. The van der Waals surface area contributed by atoms with E-state index < -0.39 is 5.97 Å². The standard InChI is InChI=1S/C13H18N2O4/c1-4-18-13(17)10-6-5-9(14)7-11(10)19-8-12(16)15(2)3/h5-7H,4,8,14H2,1-3H3. The van der Waals surface area contributed by atoms with Crippen LogP contribution in [-0.2, 0) is 9.53 Å². The number of ether oxygens (including phenoxy) is 2. The van der Waals surface area contributed by atoms with Crippen LogP contribution in [0.4, 0.5) is 5.69 Å². The number of carbonyl (C=O) groups is 2. The van der Waals surface area contributed by atoms with Gasteiger partial charge in [0.05, 0.1) is 6.61 Å². The lowest BCUT2D eigenvalue weighted by atomic mass is 10.2. The van der Waals surface area contributed by atoms with Crippen LogP contribution in [0.5, 0.6) is 5.75 Å². The SMILES string of the molecule is CCOC(=O)c1ccc(N)cc1OCC(=O)N(C)C. The highest BCUT2D eigenvalue weighted by Crippen LogP contribution is 2.22. The van der Waals surface area contributed by atoms with Crippen molar-refractivity contribution in [1.29, 1.82) is 0 Å². The number of nitrogens with zero attached hydrogens (tertiary/aromatic N) is 1. The summed E-state index contributed by atoms with van der Waals surface area (Å²) in [5.41, 5.74) is 6.34. The van der Waals surface area contributed by atoms with E-state index >= 15 is 0 Å². The summed E-state index contributed by atoms with van der Waals surface area (Å²) in [6.45, 7) is 1.81. The topological polar surface area (TPSA) is 81.9 Å². The lowest BCUT2D eigenvalue weighted by Crippen LogP contribution is -2.28. The van der Waals surface area contributed by atoms with Gasteiger partial charge in [-0.1, -0.05) is 0 Å². The zero-order chi connectivity index (χ0) is 14.4. The lowest BCUT2D eigenvalue weighted by Gasteiger charge is -2.14. The van der Waals surface area contributed by atoms with Crippen molar-refractivity contribution in [2.45, 2.75) is 6.92 Å². The van der Waals surface area contributed by atoms with Crippen LogP contribution in [0.25, 0.3) is 0 Å². The molecule has 0 radical (unpaired) electrons. The minimum absolute atomic E-state index is 0.164. The fraction of sp³-hybridized carbons (Fsp3) is 0.385. The Morgan fingerprint density at radius 3 is 2.58 bits per heavy atom. The zero-order valence-corrected chi connectivity index (χ0v) is 11.3. The second kappa shape index (κ2) is 6.63. The fourth-order valence-electron chi connectivity index (χ4n) is 1.30. The molecule has 0 atom stereocenters. The first-order valence-corrected chi connectivity index (χ1v) is 5.85. The molecule has 104 valence electrons. The van der Waals surface area contributed by atoms with Crippen LogP contribution in [0.2, 0.25) is 0 Å². The number of nitrogens with two attached hydrogens (primary N) is 1. The Hall–Kier alpha value is -2.24. The third kappa shape index (κ3) is 4.17. The molecule has 0 aliphatic carbocycles. The van der Waals surface area contributed by atoms with Crippen LogP contribution in [0.1, 0.15) is 17.3 Å². The van der Waals surface area contributed by atoms with Gasteiger partial charge in [0.25, 0.3) is 5.91 Å². The highest BCUT2D eigenvalue weighted by Gasteiger charge is 2.15. The van der Waals surface area contributed by atoms with Crippen molar-refractivity contribution in [2.75, 3.05) is 33.0 Å². The average Bonchev–Trinajstić information content (AvgIpc) is 2.36. The Bertz CT molecular complexity index is 472. The molecule has 1 aromatic rings. The molecular weight excluding hydrogens is 248 g/mol. The predicted octanol–water partition coefficient (Wildman–Crippen LogP) is 0.912. The number of carbonyl (C=O) groups excluding carboxylic acids is 2. The van der Waals surface area contributed by atoms with E-state index in [9.17, 15) is 9.59 Å². The highest BCUT2D eigenvalue weighted by molar-refractivity contribution is 5.93. The molecule has 0 aromatic heterocycles. The van der Waals surface area contributed by atoms with Crippen molar-refractivity contribution in [2.24, 2.45) is 0 Å². The minimum atomic E-state index is -0.505. The second-order valence-electron chi connectivity index (χ2n) is 4.05. The predicted molar refractivity (Wildman–Crippen MR) is 71.0 cm³/mol. The van der Waals surface area contributed by atoms with E-state index in [1.54, 1.807) is 27.1 Å². The van der Waals surface area contributed by atoms with Crippen LogP contribution in [0.3, 0.4) is 0 Å². The van der Waals surface area contributed by atoms with E-state index in [4.69, 9.17) is 15.2 Å². The number of benzene rings is 1. The number of anilines is 1. The van der Waals surface area contributed by atoms with Gasteiger partial charge in [-0.25, -0.2) is 4.79 Å². The molecule has 19 heavy (non-hydrogen) atoms. The molecule has 0 unspecified atom stereocenters. The number of amides is 1. The van der Waals surface area contributed by atoms with Gasteiger partial charge in [0.15, 0.2) is 6.61 Å². The largest absolute Gasteiger partial charge is 0.483 e. The molecule has 6 heteroatoms. The molecule has 0 fully saturated rings. The van der Waals surface area contributed by atoms with E-state index in [2.05, 4.69) is 0 Å². The Kier molecular flexibility index (Phi) is 5.17. The maximum atomic E-state index is 11.7. The number of hydrogen-bond donors (Lipinski definition) is 1. The van der Waals surface area contributed by atoms with E-state index in [1.807, 2.05) is 0 Å². The number of likely N-dealkylation sites (N-methyl/N-ethyl adjacent to an activating group) is 1. The molecule has 0 aliphatic heterocycles. The number of hydrogen-bond acceptors (Lipinski definition) is 5. The number of nitrogen functional groups attached to an aromatic ring is 1. The molecule has 0 bridgehead atoms. The molecule has 1 aromatic carbocycles. The van der Waals surface area contributed by atoms with Crippen LogP contribution in [0.15, 0.2) is 18.2 Å². The van der Waals surface area contributed by atoms with E-state index in [0.717, 1.165) is 0 Å². The normalized spacial score (nSPS) is 9.84. The number of esters is 1. The van der Waals surface area contributed by atoms with Gasteiger partial charge in [-0.2, -0.15) is 0 Å². The molecule has 1 amide bonds. The van der Waals surface area contributed by atoms with Gasteiger partial charge in [0.2, 0.25) is 0 Å². The zero-order valence-electron chi connectivity index (χ0n) is 11.3. The van der Waals surface area contributed by atoms with Gasteiger partial charge in [-0.05, 0) is 19.1 Å². The van der Waals surface area contributed by atoms with Crippen molar-refractivity contribution in [3.05, 3.63) is 23.8 Å². The summed E-state index contributed by atoms with van der Waals surface area (Å²) < 4.78 is 10.2. The van der Waals surface area contributed by atoms with Crippen LogP contribution >= 0.6 is 0 Å². The molecule has 0 spiro atoms. The first-order valence-electron chi connectivity index (χ1n) is 5.85. The van der Waals surface area contributed by atoms with Gasteiger partial charge in [-0.15, -0.1) is 0 Å². The van der Waals surface area contributed by atoms with E-state index in [1.165, 1.54) is 17.0 Å². The third-order valence-corrected chi connectivity index (χ3v) is 2.35. The average molecular weight is 266 g/mol. The van der Waals surface area contributed by atoms with E-state index in [-0.39, 0.29) is 30.4 Å². The quantitative estimate of drug-likeness (QED) is 0.633.